The molecule has 1 saturated heterocycles. The van der Waals surface area contributed by atoms with Crippen molar-refractivity contribution in [3.05, 3.63) is 33.4 Å². The molecule has 1 heterocycles. The normalized spacial score (nSPS) is 18.9. The lowest BCUT2D eigenvalue weighted by molar-refractivity contribution is -0.385. The summed E-state index contributed by atoms with van der Waals surface area (Å²) in [6.07, 6.45) is 2.27. The van der Waals surface area contributed by atoms with E-state index in [0.29, 0.717) is 24.0 Å². The van der Waals surface area contributed by atoms with Gasteiger partial charge >= 0.3 is 0 Å². The van der Waals surface area contributed by atoms with E-state index in [2.05, 4.69) is 5.32 Å². The fraction of sp³-hybridized carbons (Fsp3) is 0.538. The van der Waals surface area contributed by atoms with E-state index in [9.17, 15) is 10.1 Å². The first kappa shape index (κ1) is 12.8. The number of hydrogen-bond acceptors (Lipinski definition) is 4. The Balaban J connectivity index is 2.11. The molecule has 1 aliphatic rings. The van der Waals surface area contributed by atoms with Crippen molar-refractivity contribution in [1.82, 2.24) is 5.32 Å². The zero-order chi connectivity index (χ0) is 13.1. The lowest BCUT2D eigenvalue weighted by Crippen LogP contribution is -2.28. The van der Waals surface area contributed by atoms with Crippen molar-refractivity contribution in [2.75, 3.05) is 13.2 Å². The van der Waals surface area contributed by atoms with Gasteiger partial charge in [0, 0.05) is 11.6 Å². The van der Waals surface area contributed by atoms with Gasteiger partial charge in [0.15, 0.2) is 0 Å². The van der Waals surface area contributed by atoms with Gasteiger partial charge < -0.3 is 10.1 Å². The second kappa shape index (κ2) is 5.35. The molecule has 2 rings (SSSR count). The maximum atomic E-state index is 10.9. The Morgan fingerprint density at radius 1 is 1.44 bits per heavy atom. The van der Waals surface area contributed by atoms with Crippen LogP contribution in [0.25, 0.3) is 0 Å². The molecular weight excluding hydrogens is 232 g/mol. The summed E-state index contributed by atoms with van der Waals surface area (Å²) in [5.74, 6) is 0.612. The number of nitro groups is 1. The molecule has 0 saturated carbocycles. The first-order valence-corrected chi connectivity index (χ1v) is 6.19. The van der Waals surface area contributed by atoms with E-state index < -0.39 is 0 Å². The zero-order valence-corrected chi connectivity index (χ0v) is 10.7. The highest BCUT2D eigenvalue weighted by Gasteiger charge is 2.17. The third-order valence-corrected chi connectivity index (χ3v) is 3.29. The van der Waals surface area contributed by atoms with Crippen LogP contribution in [0.4, 0.5) is 5.69 Å². The van der Waals surface area contributed by atoms with Gasteiger partial charge in [0.25, 0.3) is 5.69 Å². The number of nitro benzene ring substituents is 1. The molecule has 0 unspecified atom stereocenters. The minimum absolute atomic E-state index is 0.120. The number of aryl methyl sites for hydroxylation is 2. The van der Waals surface area contributed by atoms with Crippen LogP contribution >= 0.6 is 0 Å². The molecule has 1 aromatic rings. The summed E-state index contributed by atoms with van der Waals surface area (Å²) >= 11 is 0. The largest absolute Gasteiger partial charge is 0.491 e. The Kier molecular flexibility index (Phi) is 3.81. The highest BCUT2D eigenvalue weighted by atomic mass is 16.6. The Hall–Kier alpha value is -1.62. The van der Waals surface area contributed by atoms with Gasteiger partial charge in [-0.3, -0.25) is 10.1 Å². The molecule has 0 aromatic heterocycles. The molecule has 0 radical (unpaired) electrons. The van der Waals surface area contributed by atoms with Gasteiger partial charge in [-0.15, -0.1) is 0 Å². The van der Waals surface area contributed by atoms with Crippen LogP contribution in [0.1, 0.15) is 24.0 Å². The Morgan fingerprint density at radius 2 is 2.22 bits per heavy atom. The minimum Gasteiger partial charge on any atom is -0.491 e. The smallest absolute Gasteiger partial charge is 0.276 e. The van der Waals surface area contributed by atoms with Crippen molar-refractivity contribution >= 4 is 5.69 Å². The standard InChI is InChI=1S/C13H18N2O3/c1-9-6-10(2)13(7-12(9)15(16)17)18-8-11-4-3-5-14-11/h6-7,11,14H,3-5,8H2,1-2H3/t11-/m0/s1. The van der Waals surface area contributed by atoms with Gasteiger partial charge in [0.2, 0.25) is 0 Å². The van der Waals surface area contributed by atoms with Gasteiger partial charge in [-0.2, -0.15) is 0 Å². The molecule has 1 aliphatic heterocycles. The molecular formula is C13H18N2O3. The fourth-order valence-electron chi connectivity index (χ4n) is 2.26. The van der Waals surface area contributed by atoms with Crippen molar-refractivity contribution in [1.29, 1.82) is 0 Å². The van der Waals surface area contributed by atoms with Gasteiger partial charge in [-0.25, -0.2) is 0 Å². The molecule has 5 heteroatoms. The minimum atomic E-state index is -0.366. The molecule has 0 aliphatic carbocycles. The summed E-state index contributed by atoms with van der Waals surface area (Å²) in [5, 5.41) is 14.2. The van der Waals surface area contributed by atoms with Crippen LogP contribution in [0.5, 0.6) is 5.75 Å². The Bertz CT molecular complexity index is 454. The van der Waals surface area contributed by atoms with Crippen LogP contribution in [0.3, 0.4) is 0 Å². The maximum Gasteiger partial charge on any atom is 0.276 e. The van der Waals surface area contributed by atoms with E-state index >= 15 is 0 Å². The lowest BCUT2D eigenvalue weighted by atomic mass is 10.1. The fourth-order valence-corrected chi connectivity index (χ4v) is 2.26. The highest BCUT2D eigenvalue weighted by molar-refractivity contribution is 5.49. The van der Waals surface area contributed by atoms with E-state index in [0.717, 1.165) is 18.5 Å². The highest BCUT2D eigenvalue weighted by Crippen LogP contribution is 2.28. The molecule has 1 aromatic carbocycles. The second-order valence-corrected chi connectivity index (χ2v) is 4.77. The molecule has 1 atom stereocenters. The monoisotopic (exact) mass is 250 g/mol. The van der Waals surface area contributed by atoms with E-state index in [-0.39, 0.29) is 10.6 Å². The van der Waals surface area contributed by atoms with Crippen LogP contribution in [0.2, 0.25) is 0 Å². The number of nitrogens with zero attached hydrogens (tertiary/aromatic N) is 1. The van der Waals surface area contributed by atoms with E-state index in [1.807, 2.05) is 6.92 Å². The van der Waals surface area contributed by atoms with Crippen molar-refractivity contribution < 1.29 is 9.66 Å². The van der Waals surface area contributed by atoms with Crippen LogP contribution in [-0.2, 0) is 0 Å². The number of nitrogens with one attached hydrogen (secondary N) is 1. The maximum absolute atomic E-state index is 10.9. The second-order valence-electron chi connectivity index (χ2n) is 4.77. The predicted molar refractivity (Wildman–Crippen MR) is 69.1 cm³/mol. The van der Waals surface area contributed by atoms with Crippen molar-refractivity contribution in [2.45, 2.75) is 32.7 Å². The molecule has 98 valence electrons. The summed E-state index contributed by atoms with van der Waals surface area (Å²) in [6.45, 7) is 5.25. The average Bonchev–Trinajstić information content (AvgIpc) is 2.80. The summed E-state index contributed by atoms with van der Waals surface area (Å²) in [6, 6.07) is 3.69. The first-order valence-electron chi connectivity index (χ1n) is 6.19. The number of hydrogen-bond donors (Lipinski definition) is 1. The molecule has 0 amide bonds. The average molecular weight is 250 g/mol. The molecule has 5 nitrogen and oxygen atoms in total. The predicted octanol–water partition coefficient (Wildman–Crippen LogP) is 2.34. The van der Waals surface area contributed by atoms with Gasteiger partial charge in [0.1, 0.15) is 12.4 Å². The summed E-state index contributed by atoms with van der Waals surface area (Å²) in [5.41, 5.74) is 1.73. The molecule has 0 bridgehead atoms. The molecule has 1 N–H and O–H groups in total. The molecule has 18 heavy (non-hydrogen) atoms. The topological polar surface area (TPSA) is 64.4 Å². The number of benzene rings is 1. The quantitative estimate of drug-likeness (QED) is 0.658. The van der Waals surface area contributed by atoms with E-state index in [1.54, 1.807) is 13.0 Å². The summed E-state index contributed by atoms with van der Waals surface area (Å²) in [7, 11) is 0. The van der Waals surface area contributed by atoms with E-state index in [1.165, 1.54) is 12.5 Å². The van der Waals surface area contributed by atoms with Crippen LogP contribution in [-0.4, -0.2) is 24.1 Å². The summed E-state index contributed by atoms with van der Waals surface area (Å²) < 4.78 is 5.70. The van der Waals surface area contributed by atoms with E-state index in [4.69, 9.17) is 4.74 Å². The van der Waals surface area contributed by atoms with Gasteiger partial charge in [0.05, 0.1) is 11.0 Å². The first-order chi connectivity index (χ1) is 8.58. The summed E-state index contributed by atoms with van der Waals surface area (Å²) in [4.78, 5) is 10.5. The van der Waals surface area contributed by atoms with Crippen LogP contribution in [0, 0.1) is 24.0 Å². The SMILES string of the molecule is Cc1cc(C)c([N+](=O)[O-])cc1OC[C@@H]1CCCN1. The van der Waals surface area contributed by atoms with Crippen molar-refractivity contribution in [3.63, 3.8) is 0 Å². The lowest BCUT2D eigenvalue weighted by Gasteiger charge is -2.14. The van der Waals surface area contributed by atoms with Crippen molar-refractivity contribution in [3.8, 4) is 5.75 Å². The zero-order valence-electron chi connectivity index (χ0n) is 10.7. The van der Waals surface area contributed by atoms with Crippen LogP contribution < -0.4 is 10.1 Å². The Morgan fingerprint density at radius 3 is 2.83 bits per heavy atom. The van der Waals surface area contributed by atoms with Gasteiger partial charge in [-0.1, -0.05) is 0 Å². The van der Waals surface area contributed by atoms with Crippen molar-refractivity contribution in [2.24, 2.45) is 0 Å². The molecule has 1 fully saturated rings. The third-order valence-electron chi connectivity index (χ3n) is 3.29. The molecule has 0 spiro atoms. The third kappa shape index (κ3) is 2.79. The van der Waals surface area contributed by atoms with Gasteiger partial charge in [-0.05, 0) is 44.9 Å². The van der Waals surface area contributed by atoms with Crippen LogP contribution in [0.15, 0.2) is 12.1 Å². The number of ether oxygens (including phenoxy) is 1. The Labute approximate surface area is 106 Å². The number of rotatable bonds is 4.